The summed E-state index contributed by atoms with van der Waals surface area (Å²) in [5, 5.41) is 11.9. The lowest BCUT2D eigenvalue weighted by molar-refractivity contribution is 0.683. The second kappa shape index (κ2) is 6.17. The summed E-state index contributed by atoms with van der Waals surface area (Å²) < 4.78 is 0. The summed E-state index contributed by atoms with van der Waals surface area (Å²) in [5.41, 5.74) is 2.17. The lowest BCUT2D eigenvalue weighted by atomic mass is 10.2. The Morgan fingerprint density at radius 3 is 2.75 bits per heavy atom. The second-order valence-corrected chi connectivity index (χ2v) is 5.88. The van der Waals surface area contributed by atoms with Gasteiger partial charge in [-0.3, -0.25) is 5.10 Å². The normalized spacial score (nSPS) is 10.8. The zero-order valence-corrected chi connectivity index (χ0v) is 12.2. The van der Waals surface area contributed by atoms with Crippen LogP contribution in [0.15, 0.2) is 42.7 Å². The number of halogens is 1. The van der Waals surface area contributed by atoms with Crippen LogP contribution in [0.3, 0.4) is 0 Å². The predicted octanol–water partition coefficient (Wildman–Crippen LogP) is 3.48. The van der Waals surface area contributed by atoms with Gasteiger partial charge in [-0.05, 0) is 18.2 Å². The first-order valence-corrected chi connectivity index (χ1v) is 7.40. The summed E-state index contributed by atoms with van der Waals surface area (Å²) in [7, 11) is 0. The fourth-order valence-electron chi connectivity index (χ4n) is 1.82. The Hall–Kier alpha value is -1.69. The molecule has 0 bridgehead atoms. The van der Waals surface area contributed by atoms with Crippen molar-refractivity contribution in [3.63, 3.8) is 0 Å². The molecule has 0 radical (unpaired) electrons. The van der Waals surface area contributed by atoms with Crippen LogP contribution in [0.1, 0.15) is 10.6 Å². The van der Waals surface area contributed by atoms with Crippen LogP contribution >= 0.6 is 22.9 Å². The number of benzene rings is 1. The first-order chi connectivity index (χ1) is 9.81. The first-order valence-electron chi connectivity index (χ1n) is 6.21. The minimum absolute atomic E-state index is 0.742. The molecule has 3 aromatic rings. The van der Waals surface area contributed by atoms with E-state index in [4.69, 9.17) is 11.6 Å². The van der Waals surface area contributed by atoms with E-state index in [2.05, 4.69) is 20.5 Å². The average Bonchev–Trinajstić information content (AvgIpc) is 3.11. The van der Waals surface area contributed by atoms with E-state index in [1.807, 2.05) is 36.5 Å². The number of aromatic amines is 1. The summed E-state index contributed by atoms with van der Waals surface area (Å²) in [5.74, 6) is 0. The van der Waals surface area contributed by atoms with Gasteiger partial charge >= 0.3 is 0 Å². The van der Waals surface area contributed by atoms with Crippen molar-refractivity contribution in [1.29, 1.82) is 0 Å². The topological polar surface area (TPSA) is 53.6 Å². The minimum Gasteiger partial charge on any atom is -0.306 e. The smallest absolute Gasteiger partial charge is 0.123 e. The molecular formula is C14H13ClN4S. The van der Waals surface area contributed by atoms with E-state index >= 15 is 0 Å². The Morgan fingerprint density at radius 1 is 1.15 bits per heavy atom. The highest BCUT2D eigenvalue weighted by molar-refractivity contribution is 7.15. The Balaban J connectivity index is 1.60. The van der Waals surface area contributed by atoms with E-state index in [1.54, 1.807) is 17.5 Å². The number of thiazole rings is 1. The molecule has 2 heterocycles. The van der Waals surface area contributed by atoms with Crippen LogP contribution < -0.4 is 5.32 Å². The summed E-state index contributed by atoms with van der Waals surface area (Å²) in [6, 6.07) is 9.70. The highest BCUT2D eigenvalue weighted by atomic mass is 35.5. The molecule has 0 amide bonds. The standard InChI is InChI=1S/C14H13ClN4S/c15-11-3-1-10(2-4-11)14-17-9-13(20-14)8-16-7-12-5-6-18-19-12/h1-6,9,16H,7-8H2,(H,18,19). The molecule has 0 spiro atoms. The molecule has 0 saturated carbocycles. The van der Waals surface area contributed by atoms with Gasteiger partial charge in [0.1, 0.15) is 5.01 Å². The summed E-state index contributed by atoms with van der Waals surface area (Å²) >= 11 is 7.57. The molecule has 0 fully saturated rings. The van der Waals surface area contributed by atoms with Crippen molar-refractivity contribution >= 4 is 22.9 Å². The van der Waals surface area contributed by atoms with Crippen LogP contribution in [0.2, 0.25) is 5.02 Å². The SMILES string of the molecule is Clc1ccc(-c2ncc(CNCc3ccn[nH]3)s2)cc1. The Bertz CT molecular complexity index is 661. The van der Waals surface area contributed by atoms with Gasteiger partial charge in [-0.25, -0.2) is 4.98 Å². The largest absolute Gasteiger partial charge is 0.306 e. The molecule has 0 saturated heterocycles. The minimum atomic E-state index is 0.742. The number of hydrogen-bond donors (Lipinski definition) is 2. The van der Waals surface area contributed by atoms with Crippen LogP contribution in [0, 0.1) is 0 Å². The maximum atomic E-state index is 5.89. The summed E-state index contributed by atoms with van der Waals surface area (Å²) in [6.07, 6.45) is 3.66. The molecule has 0 aliphatic heterocycles. The predicted molar refractivity (Wildman–Crippen MR) is 81.7 cm³/mol. The highest BCUT2D eigenvalue weighted by Crippen LogP contribution is 2.26. The van der Waals surface area contributed by atoms with Gasteiger partial charge in [0.15, 0.2) is 0 Å². The van der Waals surface area contributed by atoms with Gasteiger partial charge < -0.3 is 5.32 Å². The van der Waals surface area contributed by atoms with E-state index in [-0.39, 0.29) is 0 Å². The molecule has 0 aliphatic carbocycles. The van der Waals surface area contributed by atoms with Crippen molar-refractivity contribution in [1.82, 2.24) is 20.5 Å². The molecule has 2 N–H and O–H groups in total. The molecular weight excluding hydrogens is 292 g/mol. The van der Waals surface area contributed by atoms with Gasteiger partial charge in [-0.15, -0.1) is 11.3 Å². The van der Waals surface area contributed by atoms with Crippen molar-refractivity contribution in [2.24, 2.45) is 0 Å². The van der Waals surface area contributed by atoms with Crippen LogP contribution in [-0.2, 0) is 13.1 Å². The number of nitrogens with zero attached hydrogens (tertiary/aromatic N) is 2. The van der Waals surface area contributed by atoms with E-state index in [9.17, 15) is 0 Å². The van der Waals surface area contributed by atoms with E-state index in [0.717, 1.165) is 34.4 Å². The quantitative estimate of drug-likeness (QED) is 0.759. The molecule has 0 aliphatic rings. The lowest BCUT2D eigenvalue weighted by Crippen LogP contribution is -2.11. The third-order valence-corrected chi connectivity index (χ3v) is 4.12. The zero-order valence-electron chi connectivity index (χ0n) is 10.6. The van der Waals surface area contributed by atoms with Crippen molar-refractivity contribution in [2.75, 3.05) is 0 Å². The Labute approximate surface area is 125 Å². The van der Waals surface area contributed by atoms with Gasteiger partial charge in [0, 0.05) is 46.6 Å². The fourth-order valence-corrected chi connectivity index (χ4v) is 2.83. The van der Waals surface area contributed by atoms with Crippen molar-refractivity contribution in [2.45, 2.75) is 13.1 Å². The molecule has 1 aromatic carbocycles. The molecule has 102 valence electrons. The Kier molecular flexibility index (Phi) is 4.11. The average molecular weight is 305 g/mol. The van der Waals surface area contributed by atoms with Gasteiger partial charge in [0.25, 0.3) is 0 Å². The molecule has 4 nitrogen and oxygen atoms in total. The van der Waals surface area contributed by atoms with E-state index in [1.165, 1.54) is 4.88 Å². The van der Waals surface area contributed by atoms with Crippen LogP contribution in [0.5, 0.6) is 0 Å². The monoisotopic (exact) mass is 304 g/mol. The number of H-pyrrole nitrogens is 1. The lowest BCUT2D eigenvalue weighted by Gasteiger charge is -1.99. The number of hydrogen-bond acceptors (Lipinski definition) is 4. The number of nitrogens with one attached hydrogen (secondary N) is 2. The van der Waals surface area contributed by atoms with E-state index in [0.29, 0.717) is 0 Å². The first kappa shape index (κ1) is 13.3. The molecule has 20 heavy (non-hydrogen) atoms. The van der Waals surface area contributed by atoms with Crippen molar-refractivity contribution in [3.8, 4) is 10.6 Å². The molecule has 3 rings (SSSR count). The highest BCUT2D eigenvalue weighted by Gasteiger charge is 2.04. The third kappa shape index (κ3) is 3.25. The maximum Gasteiger partial charge on any atom is 0.123 e. The van der Waals surface area contributed by atoms with Gasteiger partial charge in [0.05, 0.1) is 0 Å². The van der Waals surface area contributed by atoms with Crippen molar-refractivity contribution < 1.29 is 0 Å². The number of aromatic nitrogens is 3. The zero-order chi connectivity index (χ0) is 13.8. The van der Waals surface area contributed by atoms with E-state index < -0.39 is 0 Å². The summed E-state index contributed by atoms with van der Waals surface area (Å²) in [6.45, 7) is 1.57. The van der Waals surface area contributed by atoms with Gasteiger partial charge in [-0.1, -0.05) is 23.7 Å². The van der Waals surface area contributed by atoms with Crippen molar-refractivity contribution in [3.05, 3.63) is 58.3 Å². The number of rotatable bonds is 5. The van der Waals surface area contributed by atoms with Crippen LogP contribution in [-0.4, -0.2) is 15.2 Å². The molecule has 0 unspecified atom stereocenters. The maximum absolute atomic E-state index is 5.89. The van der Waals surface area contributed by atoms with Crippen LogP contribution in [0.25, 0.3) is 10.6 Å². The van der Waals surface area contributed by atoms with Gasteiger partial charge in [0.2, 0.25) is 0 Å². The van der Waals surface area contributed by atoms with Gasteiger partial charge in [-0.2, -0.15) is 5.10 Å². The Morgan fingerprint density at radius 2 is 2.00 bits per heavy atom. The third-order valence-electron chi connectivity index (χ3n) is 2.82. The molecule has 6 heteroatoms. The van der Waals surface area contributed by atoms with Crippen LogP contribution in [0.4, 0.5) is 0 Å². The molecule has 2 aromatic heterocycles. The fraction of sp³-hybridized carbons (Fsp3) is 0.143. The molecule has 0 atom stereocenters. The second-order valence-electron chi connectivity index (χ2n) is 4.32. The summed E-state index contributed by atoms with van der Waals surface area (Å²) in [4.78, 5) is 5.65.